The first-order valence-corrected chi connectivity index (χ1v) is 7.64. The first-order valence-electron chi connectivity index (χ1n) is 7.64. The highest BCUT2D eigenvalue weighted by Gasteiger charge is 2.32. The maximum absolute atomic E-state index is 10.8. The Morgan fingerprint density at radius 2 is 1.64 bits per heavy atom. The van der Waals surface area contributed by atoms with E-state index in [1.54, 1.807) is 6.08 Å². The zero-order chi connectivity index (χ0) is 15.6. The van der Waals surface area contributed by atoms with Crippen LogP contribution in [-0.4, -0.2) is 6.29 Å². The molecule has 0 unspecified atom stereocenters. The average molecular weight is 288 g/mol. The number of carbonyl (C=O) groups excluding carboxylic acids is 1. The molecule has 0 atom stereocenters. The Balaban J connectivity index is 2.33. The number of allylic oxidation sites excluding steroid dienone is 3. The number of benzene rings is 2. The van der Waals surface area contributed by atoms with Crippen LogP contribution in [0.25, 0.3) is 5.57 Å². The Labute approximate surface area is 132 Å². The molecular formula is C21H20O. The molecule has 0 spiro atoms. The van der Waals surface area contributed by atoms with E-state index in [-0.39, 0.29) is 5.41 Å². The summed E-state index contributed by atoms with van der Waals surface area (Å²) in [6.07, 6.45) is 5.42. The van der Waals surface area contributed by atoms with E-state index in [2.05, 4.69) is 62.4 Å². The van der Waals surface area contributed by atoms with Gasteiger partial charge < -0.3 is 0 Å². The monoisotopic (exact) mass is 288 g/mol. The highest BCUT2D eigenvalue weighted by Crippen LogP contribution is 2.45. The topological polar surface area (TPSA) is 17.1 Å². The van der Waals surface area contributed by atoms with Crippen molar-refractivity contribution in [3.63, 3.8) is 0 Å². The summed E-state index contributed by atoms with van der Waals surface area (Å²) < 4.78 is 0. The fourth-order valence-corrected chi connectivity index (χ4v) is 3.33. The summed E-state index contributed by atoms with van der Waals surface area (Å²) in [4.78, 5) is 10.8. The number of fused-ring (bicyclic) bond motifs is 1. The minimum atomic E-state index is -0.000954. The second-order valence-corrected chi connectivity index (χ2v) is 6.37. The SMILES string of the molecule is CC1(C)Cc2ccccc2C(c2ccccc2)=C1C=CC=O. The molecule has 0 aliphatic heterocycles. The fraction of sp³-hybridized carbons (Fsp3) is 0.190. The highest BCUT2D eigenvalue weighted by atomic mass is 16.1. The molecule has 2 aromatic rings. The molecule has 2 aromatic carbocycles. The van der Waals surface area contributed by atoms with Gasteiger partial charge >= 0.3 is 0 Å². The molecule has 3 rings (SSSR count). The molecule has 22 heavy (non-hydrogen) atoms. The zero-order valence-electron chi connectivity index (χ0n) is 13.0. The maximum Gasteiger partial charge on any atom is 0.142 e. The first-order chi connectivity index (χ1) is 10.6. The second-order valence-electron chi connectivity index (χ2n) is 6.37. The van der Waals surface area contributed by atoms with Gasteiger partial charge in [-0.2, -0.15) is 0 Å². The van der Waals surface area contributed by atoms with Gasteiger partial charge in [-0.25, -0.2) is 0 Å². The molecule has 110 valence electrons. The summed E-state index contributed by atoms with van der Waals surface area (Å²) in [6, 6.07) is 19.0. The molecule has 0 N–H and O–H groups in total. The molecule has 1 aliphatic rings. The van der Waals surface area contributed by atoms with Crippen LogP contribution in [0.15, 0.2) is 72.3 Å². The molecule has 0 saturated carbocycles. The molecule has 0 radical (unpaired) electrons. The van der Waals surface area contributed by atoms with Crippen LogP contribution in [-0.2, 0) is 11.2 Å². The van der Waals surface area contributed by atoms with Gasteiger partial charge in [0.05, 0.1) is 0 Å². The Morgan fingerprint density at radius 3 is 2.36 bits per heavy atom. The van der Waals surface area contributed by atoms with E-state index in [1.165, 1.54) is 27.8 Å². The van der Waals surface area contributed by atoms with Crippen LogP contribution in [0, 0.1) is 5.41 Å². The van der Waals surface area contributed by atoms with Crippen molar-refractivity contribution < 1.29 is 4.79 Å². The smallest absolute Gasteiger partial charge is 0.142 e. The largest absolute Gasteiger partial charge is 0.299 e. The van der Waals surface area contributed by atoms with Crippen molar-refractivity contribution in [1.29, 1.82) is 0 Å². The van der Waals surface area contributed by atoms with Crippen LogP contribution in [0.3, 0.4) is 0 Å². The summed E-state index contributed by atoms with van der Waals surface area (Å²) >= 11 is 0. The lowest BCUT2D eigenvalue weighted by Gasteiger charge is -2.35. The van der Waals surface area contributed by atoms with Crippen LogP contribution in [0.1, 0.15) is 30.5 Å². The third-order valence-electron chi connectivity index (χ3n) is 4.32. The Hall–Kier alpha value is -2.41. The molecule has 1 heteroatoms. The van der Waals surface area contributed by atoms with E-state index in [0.29, 0.717) is 0 Å². The maximum atomic E-state index is 10.8. The zero-order valence-corrected chi connectivity index (χ0v) is 13.0. The molecule has 0 fully saturated rings. The molecule has 0 saturated heterocycles. The number of hydrogen-bond donors (Lipinski definition) is 0. The number of rotatable bonds is 3. The Morgan fingerprint density at radius 1 is 0.955 bits per heavy atom. The van der Waals surface area contributed by atoms with Gasteiger partial charge in [0.25, 0.3) is 0 Å². The van der Waals surface area contributed by atoms with Crippen molar-refractivity contribution in [3.8, 4) is 0 Å². The molecule has 0 amide bonds. The second kappa shape index (κ2) is 5.76. The van der Waals surface area contributed by atoms with Crippen LogP contribution in [0.4, 0.5) is 0 Å². The van der Waals surface area contributed by atoms with E-state index in [4.69, 9.17) is 0 Å². The lowest BCUT2D eigenvalue weighted by atomic mass is 9.68. The molecular weight excluding hydrogens is 268 g/mol. The van der Waals surface area contributed by atoms with Gasteiger partial charge in [0.15, 0.2) is 0 Å². The van der Waals surface area contributed by atoms with E-state index in [1.807, 2.05) is 12.1 Å². The van der Waals surface area contributed by atoms with Gasteiger partial charge in [0, 0.05) is 0 Å². The van der Waals surface area contributed by atoms with Crippen molar-refractivity contribution in [3.05, 3.63) is 89.0 Å². The minimum absolute atomic E-state index is 0.000954. The van der Waals surface area contributed by atoms with E-state index < -0.39 is 0 Å². The molecule has 1 aliphatic carbocycles. The normalized spacial score (nSPS) is 16.6. The van der Waals surface area contributed by atoms with Gasteiger partial charge in [-0.1, -0.05) is 74.5 Å². The highest BCUT2D eigenvalue weighted by molar-refractivity contribution is 5.88. The van der Waals surface area contributed by atoms with Gasteiger partial charge in [-0.3, -0.25) is 4.79 Å². The third kappa shape index (κ3) is 2.55. The average Bonchev–Trinajstić information content (AvgIpc) is 2.52. The van der Waals surface area contributed by atoms with E-state index in [0.717, 1.165) is 12.7 Å². The van der Waals surface area contributed by atoms with Crippen molar-refractivity contribution >= 4 is 11.9 Å². The lowest BCUT2D eigenvalue weighted by molar-refractivity contribution is -0.104. The lowest BCUT2D eigenvalue weighted by Crippen LogP contribution is -2.24. The minimum Gasteiger partial charge on any atom is -0.299 e. The van der Waals surface area contributed by atoms with Crippen molar-refractivity contribution in [2.45, 2.75) is 20.3 Å². The summed E-state index contributed by atoms with van der Waals surface area (Å²) in [5.74, 6) is 0. The number of aldehydes is 1. The predicted molar refractivity (Wildman–Crippen MR) is 91.6 cm³/mol. The molecule has 0 bridgehead atoms. The number of hydrogen-bond acceptors (Lipinski definition) is 1. The number of carbonyl (C=O) groups is 1. The van der Waals surface area contributed by atoms with Crippen LogP contribution in [0.2, 0.25) is 0 Å². The van der Waals surface area contributed by atoms with Crippen LogP contribution >= 0.6 is 0 Å². The third-order valence-corrected chi connectivity index (χ3v) is 4.32. The van der Waals surface area contributed by atoms with Crippen molar-refractivity contribution in [2.75, 3.05) is 0 Å². The van der Waals surface area contributed by atoms with Gasteiger partial charge in [-0.15, -0.1) is 0 Å². The molecule has 1 nitrogen and oxygen atoms in total. The van der Waals surface area contributed by atoms with Crippen LogP contribution in [0.5, 0.6) is 0 Å². The Bertz CT molecular complexity index is 748. The van der Waals surface area contributed by atoms with Gasteiger partial charge in [0.2, 0.25) is 0 Å². The molecule has 0 aromatic heterocycles. The first kappa shape index (κ1) is 14.5. The predicted octanol–water partition coefficient (Wildman–Crippen LogP) is 4.83. The van der Waals surface area contributed by atoms with E-state index >= 15 is 0 Å². The summed E-state index contributed by atoms with van der Waals surface area (Å²) in [5.41, 5.74) is 6.32. The van der Waals surface area contributed by atoms with Crippen LogP contribution < -0.4 is 0 Å². The van der Waals surface area contributed by atoms with Crippen molar-refractivity contribution in [2.24, 2.45) is 5.41 Å². The van der Waals surface area contributed by atoms with Crippen molar-refractivity contribution in [1.82, 2.24) is 0 Å². The quantitative estimate of drug-likeness (QED) is 0.584. The van der Waals surface area contributed by atoms with E-state index in [9.17, 15) is 4.79 Å². The summed E-state index contributed by atoms with van der Waals surface area (Å²) in [5, 5.41) is 0. The standard InChI is InChI=1S/C21H20O/c1-21(2)15-17-11-6-7-12-18(17)20(19(21)13-8-14-22)16-9-4-3-5-10-16/h3-14H,15H2,1-2H3. The summed E-state index contributed by atoms with van der Waals surface area (Å²) in [7, 11) is 0. The Kier molecular flexibility index (Phi) is 3.81. The summed E-state index contributed by atoms with van der Waals surface area (Å²) in [6.45, 7) is 4.49. The molecule has 0 heterocycles. The van der Waals surface area contributed by atoms with Gasteiger partial charge in [0.1, 0.15) is 6.29 Å². The fourth-order valence-electron chi connectivity index (χ4n) is 3.33. The van der Waals surface area contributed by atoms with Gasteiger partial charge in [-0.05, 0) is 45.7 Å².